The third kappa shape index (κ3) is 74.6. The molecule has 0 saturated carbocycles. The van der Waals surface area contributed by atoms with Gasteiger partial charge < -0.3 is 15.0 Å². The summed E-state index contributed by atoms with van der Waals surface area (Å²) in [7, 11) is 0. The Hall–Kier alpha value is -2.55. The van der Waals surface area contributed by atoms with Crippen molar-refractivity contribution in [1.82, 2.24) is 44.9 Å². The first-order valence-corrected chi connectivity index (χ1v) is 23.7. The largest absolute Gasteiger partial charge is 0.394 e. The van der Waals surface area contributed by atoms with E-state index in [1.54, 1.807) is 35.4 Å². The Morgan fingerprint density at radius 3 is 0.928 bits per heavy atom. The molecule has 0 unspecified atom stereocenters. The van der Waals surface area contributed by atoms with Crippen molar-refractivity contribution in [2.24, 2.45) is 23.7 Å². The molecule has 0 spiro atoms. The topological polar surface area (TPSA) is 100 Å². The van der Waals surface area contributed by atoms with Crippen LogP contribution in [0.4, 0.5) is 0 Å². The summed E-state index contributed by atoms with van der Waals surface area (Å²) in [4.78, 5) is 10.8. The van der Waals surface area contributed by atoms with Gasteiger partial charge in [-0.3, -0.25) is 0 Å². The van der Waals surface area contributed by atoms with Crippen molar-refractivity contribution < 1.29 is 65.4 Å². The summed E-state index contributed by atoms with van der Waals surface area (Å²) in [6.07, 6.45) is 17.1. The van der Waals surface area contributed by atoms with Crippen molar-refractivity contribution in [2.45, 2.75) is 191 Å². The fourth-order valence-electron chi connectivity index (χ4n) is 3.28. The normalized spacial score (nSPS) is 8.72. The van der Waals surface area contributed by atoms with E-state index in [-0.39, 0.29) is 87.7 Å². The summed E-state index contributed by atoms with van der Waals surface area (Å²) in [5.74, 6) is 3.77. The van der Waals surface area contributed by atoms with Crippen molar-refractivity contribution in [1.29, 1.82) is 0 Å². The Morgan fingerprint density at radius 1 is 0.449 bits per heavy atom. The molecule has 390 valence electrons. The molecule has 0 bridgehead atoms. The number of hydrogen-bond donors (Lipinski definition) is 0. The van der Waals surface area contributed by atoms with Gasteiger partial charge in [-0.15, -0.1) is 27.9 Å². The Labute approximate surface area is 483 Å². The zero-order chi connectivity index (χ0) is 49.6. The number of pyridine rings is 1. The fourth-order valence-corrected chi connectivity index (χ4v) is 3.41. The molecule has 6 aromatic rings. The first-order chi connectivity index (χ1) is 30.3. The molecule has 9 nitrogen and oxygen atoms in total. The minimum atomic E-state index is 0. The molecule has 0 N–H and O–H groups in total. The summed E-state index contributed by atoms with van der Waals surface area (Å²) < 4.78 is 3.66. The second-order valence-electron chi connectivity index (χ2n) is 17.5. The van der Waals surface area contributed by atoms with Crippen LogP contribution in [-0.4, -0.2) is 44.9 Å². The smallest absolute Gasteiger partial charge is 0.0974 e. The zero-order valence-corrected chi connectivity index (χ0v) is 51.3. The Kier molecular flexibility index (Phi) is 79.3. The van der Waals surface area contributed by atoms with Gasteiger partial charge in [-0.25, -0.2) is 9.36 Å². The van der Waals surface area contributed by atoms with E-state index in [2.05, 4.69) is 214 Å². The maximum atomic E-state index is 5.53. The van der Waals surface area contributed by atoms with Gasteiger partial charge in [0.25, 0.3) is 0 Å². The quantitative estimate of drug-likeness (QED) is 0.121. The van der Waals surface area contributed by atoms with Crippen molar-refractivity contribution in [3.8, 4) is 0 Å². The summed E-state index contributed by atoms with van der Waals surface area (Å²) in [6.45, 7) is 40.7. The maximum Gasteiger partial charge on any atom is 0.0974 e. The van der Waals surface area contributed by atoms with Gasteiger partial charge in [0.05, 0.1) is 17.3 Å². The molecule has 0 aliphatic carbocycles. The molecule has 0 aliphatic rings. The molecule has 0 atom stereocenters. The van der Waals surface area contributed by atoms with Gasteiger partial charge >= 0.3 is 0 Å². The third-order valence-corrected chi connectivity index (χ3v) is 6.40. The van der Waals surface area contributed by atoms with Crippen molar-refractivity contribution in [3.05, 3.63) is 151 Å². The molecular formula is C57H102ClN9Y2-2. The molecule has 4 heterocycles. The number of rotatable bonds is 6. The zero-order valence-electron chi connectivity index (χ0n) is 44.8. The summed E-state index contributed by atoms with van der Waals surface area (Å²) >= 11 is 5.53. The summed E-state index contributed by atoms with van der Waals surface area (Å²) in [5, 5.41) is 15.6. The number of aryl methyl sites for hydroxylation is 3. The van der Waals surface area contributed by atoms with Gasteiger partial charge in [-0.05, 0) is 81.8 Å². The van der Waals surface area contributed by atoms with Gasteiger partial charge in [-0.1, -0.05) is 222 Å². The molecule has 12 heteroatoms. The molecule has 0 saturated heterocycles. The van der Waals surface area contributed by atoms with Crippen LogP contribution in [-0.2, 0) is 90.6 Å². The average molecular weight is 1130 g/mol. The van der Waals surface area contributed by atoms with Crippen LogP contribution in [0, 0.1) is 36.2 Å². The number of halogens is 1. The summed E-state index contributed by atoms with van der Waals surface area (Å²) in [6, 6.07) is 28.9. The molecule has 69 heavy (non-hydrogen) atoms. The van der Waals surface area contributed by atoms with Crippen LogP contribution in [0.3, 0.4) is 0 Å². The first kappa shape index (κ1) is 86.2. The number of benzene rings is 2. The van der Waals surface area contributed by atoms with Gasteiger partial charge in [0.1, 0.15) is 0 Å². The van der Waals surface area contributed by atoms with Gasteiger partial charge in [-0.2, -0.15) is 18.2 Å². The number of hydrogen-bond acceptors (Lipinski definition) is 7. The van der Waals surface area contributed by atoms with Crippen molar-refractivity contribution in [2.75, 3.05) is 0 Å². The third-order valence-electron chi connectivity index (χ3n) is 6.13. The number of alkyl halides is 1. The van der Waals surface area contributed by atoms with E-state index in [4.69, 9.17) is 11.6 Å². The Balaban J connectivity index is -0.0000000837. The van der Waals surface area contributed by atoms with E-state index in [1.165, 1.54) is 11.1 Å². The molecule has 4 aromatic heterocycles. The van der Waals surface area contributed by atoms with E-state index < -0.39 is 0 Å². The standard InChI is InChI=1S/2C8H10.C7H13N3.C6H10ClN3.C5H4N.C4H3N2.4C4H10.3CH4.2Y/c2*1-2-8-6-4-3-5-7-8;1-4-7-5-10(6(2)3)9-8-7;1-5(2)10-4-6(3-7)8-9-10;1-2-4-6-5-3-1;1-2-5-4-6-3-1;4*1-4(2)3;;;;;/h2*3-7H,2H2,1H3;5-6H,4H2,1-3H3;4-5H,3H2,1-2H3;1-4H;1-3H;4*4H,1-3H3;3*1H4;;/q;;;;2*-1;;;;;;;;;. The molecule has 0 amide bonds. The second-order valence-corrected chi connectivity index (χ2v) is 17.7. The minimum Gasteiger partial charge on any atom is -0.394 e. The van der Waals surface area contributed by atoms with E-state index >= 15 is 0 Å². The molecule has 0 fully saturated rings. The van der Waals surface area contributed by atoms with Crippen LogP contribution in [0.2, 0.25) is 0 Å². The van der Waals surface area contributed by atoms with Gasteiger partial charge in [0, 0.05) is 96.2 Å². The maximum absolute atomic E-state index is 5.53. The van der Waals surface area contributed by atoms with Crippen LogP contribution in [0.15, 0.2) is 116 Å². The number of nitrogens with zero attached hydrogens (tertiary/aromatic N) is 9. The van der Waals surface area contributed by atoms with E-state index in [9.17, 15) is 0 Å². The van der Waals surface area contributed by atoms with Crippen LogP contribution in [0.25, 0.3) is 0 Å². The van der Waals surface area contributed by atoms with Crippen molar-refractivity contribution in [3.63, 3.8) is 0 Å². The SMILES string of the molecule is C.C.C.CC(C)C.CC(C)C.CC(C)C.CC(C)C.CC(C)n1cc(CCl)nn1.CCc1ccccc1.CCc1ccccc1.CCc1cn(C(C)C)nn1.[Y].[Y].[c-]1ccccn1.[c-]1ncccn1. The Morgan fingerprint density at radius 2 is 0.783 bits per heavy atom. The van der Waals surface area contributed by atoms with E-state index in [0.717, 1.165) is 54.3 Å². The van der Waals surface area contributed by atoms with E-state index in [1.807, 2.05) is 55.2 Å². The first-order valence-electron chi connectivity index (χ1n) is 23.1. The minimum absolute atomic E-state index is 0. The molecule has 2 radical (unpaired) electrons. The van der Waals surface area contributed by atoms with Gasteiger partial charge in [0.15, 0.2) is 0 Å². The molecule has 6 rings (SSSR count). The predicted molar refractivity (Wildman–Crippen MR) is 298 cm³/mol. The predicted octanol–water partition coefficient (Wildman–Crippen LogP) is 17.2. The van der Waals surface area contributed by atoms with E-state index in [0.29, 0.717) is 18.0 Å². The fraction of sp³-hybridized carbons (Fsp3) is 0.561. The number of aromatic nitrogens is 9. The Bertz CT molecular complexity index is 1520. The van der Waals surface area contributed by atoms with Crippen LogP contribution in [0.5, 0.6) is 0 Å². The van der Waals surface area contributed by atoms with Gasteiger partial charge in [0.2, 0.25) is 0 Å². The molecular weight excluding hydrogens is 1020 g/mol. The molecule has 2 aromatic carbocycles. The summed E-state index contributed by atoms with van der Waals surface area (Å²) in [5.41, 5.74) is 4.71. The second kappa shape index (κ2) is 63.5. The van der Waals surface area contributed by atoms with Crippen LogP contribution in [0.1, 0.15) is 188 Å². The molecule has 0 aliphatic heterocycles. The van der Waals surface area contributed by atoms with Crippen molar-refractivity contribution >= 4 is 11.6 Å². The monoisotopic (exact) mass is 1130 g/mol. The average Bonchev–Trinajstić information content (AvgIpc) is 3.97. The van der Waals surface area contributed by atoms with Crippen LogP contribution >= 0.6 is 11.6 Å². The van der Waals surface area contributed by atoms with Crippen LogP contribution < -0.4 is 0 Å².